The fourth-order valence-electron chi connectivity index (χ4n) is 2.96. The van der Waals surface area contributed by atoms with Gasteiger partial charge in [0.15, 0.2) is 5.96 Å². The van der Waals surface area contributed by atoms with Gasteiger partial charge in [-0.05, 0) is 24.3 Å². The molecule has 7 heteroatoms. The highest BCUT2D eigenvalue weighted by Crippen LogP contribution is 2.16. The topological polar surface area (TPSA) is 66.1 Å². The van der Waals surface area contributed by atoms with Crippen LogP contribution < -0.4 is 15.8 Å². The third-order valence-electron chi connectivity index (χ3n) is 4.23. The van der Waals surface area contributed by atoms with E-state index in [1.807, 2.05) is 24.3 Å². The molecule has 3 saturated heterocycles. The van der Waals surface area contributed by atoms with Gasteiger partial charge in [0.25, 0.3) is 0 Å². The quantitative estimate of drug-likeness (QED) is 0.436. The molecule has 0 radical (unpaired) electrons. The minimum atomic E-state index is 0. The lowest BCUT2D eigenvalue weighted by molar-refractivity contribution is 0.0174. The Morgan fingerprint density at radius 3 is 2.50 bits per heavy atom. The van der Waals surface area contributed by atoms with Crippen molar-refractivity contribution < 1.29 is 4.74 Å². The molecule has 1 unspecified atom stereocenters. The molecule has 6 nitrogen and oxygen atoms in total. The number of hydrogen-bond acceptors (Lipinski definition) is 4. The highest BCUT2D eigenvalue weighted by Gasteiger charge is 2.31. The molecule has 0 saturated carbocycles. The molecule has 1 aromatic carbocycles. The molecule has 4 rings (SSSR count). The zero-order chi connectivity index (χ0) is 14.7. The Balaban J connectivity index is 0.00000176. The standard InChI is InChI=1S/C15H23N5O.HI/c1-21-14-4-2-12(3-5-14)18-15(16)17-10-13-11-19-6-8-20(13)9-7-19;/h2-5,13H,6-11H2,1H3,(H3,16,17,18);1H. The Kier molecular flexibility index (Phi) is 6.27. The summed E-state index contributed by atoms with van der Waals surface area (Å²) in [4.78, 5) is 9.51. The maximum atomic E-state index is 5.97. The van der Waals surface area contributed by atoms with Crippen LogP contribution in [0.15, 0.2) is 29.3 Å². The molecule has 22 heavy (non-hydrogen) atoms. The number of anilines is 1. The molecule has 3 heterocycles. The normalized spacial score (nSPS) is 27.1. The van der Waals surface area contributed by atoms with E-state index >= 15 is 0 Å². The van der Waals surface area contributed by atoms with Crippen molar-refractivity contribution in [3.8, 4) is 5.75 Å². The van der Waals surface area contributed by atoms with Crippen LogP contribution in [0.5, 0.6) is 5.75 Å². The van der Waals surface area contributed by atoms with E-state index in [9.17, 15) is 0 Å². The molecule has 3 aliphatic rings. The van der Waals surface area contributed by atoms with Gasteiger partial charge in [0, 0.05) is 44.5 Å². The van der Waals surface area contributed by atoms with Crippen molar-refractivity contribution in [3.63, 3.8) is 0 Å². The Morgan fingerprint density at radius 1 is 1.27 bits per heavy atom. The number of hydrogen-bond donors (Lipinski definition) is 2. The SMILES string of the molecule is COc1ccc(NC(N)=NCC2CN3CCN2CC3)cc1.I. The summed E-state index contributed by atoms with van der Waals surface area (Å²) < 4.78 is 5.13. The van der Waals surface area contributed by atoms with Crippen molar-refractivity contribution in [3.05, 3.63) is 24.3 Å². The van der Waals surface area contributed by atoms with Crippen LogP contribution in [0.4, 0.5) is 5.69 Å². The molecule has 3 aliphatic heterocycles. The number of aliphatic imine (C=N–C) groups is 1. The van der Waals surface area contributed by atoms with Crippen molar-refractivity contribution >= 4 is 35.6 Å². The first kappa shape index (κ1) is 17.3. The summed E-state index contributed by atoms with van der Waals surface area (Å²) in [5.41, 5.74) is 6.89. The smallest absolute Gasteiger partial charge is 0.193 e. The van der Waals surface area contributed by atoms with Crippen molar-refractivity contribution in [1.29, 1.82) is 0 Å². The van der Waals surface area contributed by atoms with Gasteiger partial charge in [-0.25, -0.2) is 0 Å². The van der Waals surface area contributed by atoms with Gasteiger partial charge in [0.1, 0.15) is 5.75 Å². The second-order valence-corrected chi connectivity index (χ2v) is 5.57. The number of halogens is 1. The Morgan fingerprint density at radius 2 is 1.95 bits per heavy atom. The number of nitrogens with zero attached hydrogens (tertiary/aromatic N) is 3. The van der Waals surface area contributed by atoms with E-state index < -0.39 is 0 Å². The maximum absolute atomic E-state index is 5.97. The van der Waals surface area contributed by atoms with E-state index in [-0.39, 0.29) is 24.0 Å². The third kappa shape index (κ3) is 4.23. The predicted octanol–water partition coefficient (Wildman–Crippen LogP) is 1.04. The predicted molar refractivity (Wildman–Crippen MR) is 100 cm³/mol. The number of guanidine groups is 1. The van der Waals surface area contributed by atoms with Crippen LogP contribution in [-0.4, -0.2) is 68.2 Å². The summed E-state index contributed by atoms with van der Waals surface area (Å²) in [6.45, 7) is 6.57. The van der Waals surface area contributed by atoms with Crippen molar-refractivity contribution in [1.82, 2.24) is 9.80 Å². The molecule has 1 aromatic rings. The molecule has 2 bridgehead atoms. The second kappa shape index (κ2) is 7.98. The van der Waals surface area contributed by atoms with Gasteiger partial charge in [-0.3, -0.25) is 14.8 Å². The van der Waals surface area contributed by atoms with Crippen molar-refractivity contribution in [2.45, 2.75) is 6.04 Å². The molecular formula is C15H24IN5O. The lowest BCUT2D eigenvalue weighted by atomic mass is 10.1. The van der Waals surface area contributed by atoms with Crippen LogP contribution in [0.1, 0.15) is 0 Å². The van der Waals surface area contributed by atoms with Gasteiger partial charge >= 0.3 is 0 Å². The zero-order valence-electron chi connectivity index (χ0n) is 12.9. The molecule has 0 amide bonds. The fraction of sp³-hybridized carbons (Fsp3) is 0.533. The van der Waals surface area contributed by atoms with Gasteiger partial charge in [-0.2, -0.15) is 0 Å². The number of methoxy groups -OCH3 is 1. The fourth-order valence-corrected chi connectivity index (χ4v) is 2.96. The maximum Gasteiger partial charge on any atom is 0.193 e. The van der Waals surface area contributed by atoms with Crippen LogP contribution in [0.25, 0.3) is 0 Å². The highest BCUT2D eigenvalue weighted by atomic mass is 127. The minimum Gasteiger partial charge on any atom is -0.497 e. The first-order chi connectivity index (χ1) is 10.2. The molecule has 1 atom stereocenters. The van der Waals surface area contributed by atoms with Crippen LogP contribution in [0, 0.1) is 0 Å². The molecule has 122 valence electrons. The van der Waals surface area contributed by atoms with E-state index in [0.29, 0.717) is 12.0 Å². The van der Waals surface area contributed by atoms with E-state index in [1.165, 1.54) is 13.1 Å². The van der Waals surface area contributed by atoms with E-state index in [0.717, 1.165) is 37.6 Å². The number of ether oxygens (including phenoxy) is 1. The number of piperazine rings is 3. The monoisotopic (exact) mass is 417 g/mol. The molecule has 0 spiro atoms. The first-order valence-corrected chi connectivity index (χ1v) is 7.42. The average molecular weight is 417 g/mol. The van der Waals surface area contributed by atoms with Crippen LogP contribution >= 0.6 is 24.0 Å². The van der Waals surface area contributed by atoms with Gasteiger partial charge < -0.3 is 15.8 Å². The van der Waals surface area contributed by atoms with Gasteiger partial charge in [-0.15, -0.1) is 24.0 Å². The molecule has 0 aromatic heterocycles. The highest BCUT2D eigenvalue weighted by molar-refractivity contribution is 14.0. The largest absolute Gasteiger partial charge is 0.497 e. The van der Waals surface area contributed by atoms with Gasteiger partial charge in [-0.1, -0.05) is 0 Å². The molecular weight excluding hydrogens is 393 g/mol. The lowest BCUT2D eigenvalue weighted by Gasteiger charge is -2.47. The summed E-state index contributed by atoms with van der Waals surface area (Å²) in [5, 5.41) is 3.12. The Hall–Kier alpha value is -1.06. The van der Waals surface area contributed by atoms with Crippen molar-refractivity contribution in [2.24, 2.45) is 10.7 Å². The third-order valence-corrected chi connectivity index (χ3v) is 4.23. The van der Waals surface area contributed by atoms with Crippen molar-refractivity contribution in [2.75, 3.05) is 51.7 Å². The average Bonchev–Trinajstić information content (AvgIpc) is 2.55. The molecule has 0 aliphatic carbocycles. The lowest BCUT2D eigenvalue weighted by Crippen LogP contribution is -2.61. The zero-order valence-corrected chi connectivity index (χ0v) is 15.2. The number of nitrogens with one attached hydrogen (secondary N) is 1. The molecule has 3 N–H and O–H groups in total. The Labute approximate surface area is 148 Å². The molecule has 3 fully saturated rings. The van der Waals surface area contributed by atoms with E-state index in [1.54, 1.807) is 7.11 Å². The van der Waals surface area contributed by atoms with Crippen LogP contribution in [-0.2, 0) is 0 Å². The van der Waals surface area contributed by atoms with E-state index in [2.05, 4.69) is 20.1 Å². The van der Waals surface area contributed by atoms with Gasteiger partial charge in [0.2, 0.25) is 0 Å². The van der Waals surface area contributed by atoms with Crippen LogP contribution in [0.3, 0.4) is 0 Å². The number of nitrogens with two attached hydrogens (primary N) is 1. The second-order valence-electron chi connectivity index (χ2n) is 5.57. The van der Waals surface area contributed by atoms with Crippen LogP contribution in [0.2, 0.25) is 0 Å². The van der Waals surface area contributed by atoms with E-state index in [4.69, 9.17) is 10.5 Å². The number of benzene rings is 1. The summed E-state index contributed by atoms with van der Waals surface area (Å²) in [6, 6.07) is 8.16. The minimum absolute atomic E-state index is 0. The summed E-state index contributed by atoms with van der Waals surface area (Å²) in [6.07, 6.45) is 0. The van der Waals surface area contributed by atoms with Gasteiger partial charge in [0.05, 0.1) is 13.7 Å². The summed E-state index contributed by atoms with van der Waals surface area (Å²) >= 11 is 0. The number of rotatable bonds is 4. The summed E-state index contributed by atoms with van der Waals surface area (Å²) in [5.74, 6) is 1.30. The Bertz CT molecular complexity index is 499. The summed E-state index contributed by atoms with van der Waals surface area (Å²) in [7, 11) is 1.65. The number of fused-ring (bicyclic) bond motifs is 3. The first-order valence-electron chi connectivity index (χ1n) is 7.42.